The van der Waals surface area contributed by atoms with Gasteiger partial charge < -0.3 is 5.32 Å². The highest BCUT2D eigenvalue weighted by Crippen LogP contribution is 2.02. The van der Waals surface area contributed by atoms with Gasteiger partial charge in [0, 0.05) is 6.54 Å². The summed E-state index contributed by atoms with van der Waals surface area (Å²) in [6, 6.07) is 10.5. The van der Waals surface area contributed by atoms with Crippen LogP contribution in [-0.4, -0.2) is 6.54 Å². The van der Waals surface area contributed by atoms with E-state index in [1.54, 1.807) is 6.20 Å². The Morgan fingerprint density at radius 1 is 1.14 bits per heavy atom. The average Bonchev–Trinajstić information content (AvgIpc) is 2.25. The zero-order valence-electron chi connectivity index (χ0n) is 8.45. The van der Waals surface area contributed by atoms with Crippen LogP contribution in [-0.2, 0) is 6.42 Å². The second kappa shape index (κ2) is 6.96. The topological polar surface area (TPSA) is 12.0 Å². The molecule has 0 saturated heterocycles. The number of benzene rings is 1. The fraction of sp³-hybridized carbons (Fsp3) is 0.231. The number of rotatable bonds is 6. The number of nitrogens with one attached hydrogen (secondary N) is 1. The van der Waals surface area contributed by atoms with Crippen LogP contribution in [0.25, 0.3) is 0 Å². The molecular formula is C13H17N. The number of hydrogen-bond donors (Lipinski definition) is 1. The molecule has 74 valence electrons. The first-order valence-corrected chi connectivity index (χ1v) is 4.96. The van der Waals surface area contributed by atoms with E-state index in [2.05, 4.69) is 48.3 Å². The summed E-state index contributed by atoms with van der Waals surface area (Å²) >= 11 is 0. The summed E-state index contributed by atoms with van der Waals surface area (Å²) in [5.74, 6) is 0. The molecule has 0 heterocycles. The van der Waals surface area contributed by atoms with Crippen molar-refractivity contribution < 1.29 is 0 Å². The van der Waals surface area contributed by atoms with Gasteiger partial charge in [-0.1, -0.05) is 49.1 Å². The van der Waals surface area contributed by atoms with E-state index in [1.165, 1.54) is 5.56 Å². The fourth-order valence-electron chi connectivity index (χ4n) is 1.25. The molecule has 1 nitrogen and oxygen atoms in total. The van der Waals surface area contributed by atoms with Gasteiger partial charge >= 0.3 is 0 Å². The Kier molecular flexibility index (Phi) is 5.26. The van der Waals surface area contributed by atoms with E-state index >= 15 is 0 Å². The van der Waals surface area contributed by atoms with Crippen molar-refractivity contribution in [2.24, 2.45) is 0 Å². The third-order valence-electron chi connectivity index (χ3n) is 1.99. The smallest absolute Gasteiger partial charge is 0.0325 e. The van der Waals surface area contributed by atoms with Crippen LogP contribution < -0.4 is 5.32 Å². The highest BCUT2D eigenvalue weighted by molar-refractivity contribution is 5.15. The van der Waals surface area contributed by atoms with Gasteiger partial charge in [0.25, 0.3) is 0 Å². The van der Waals surface area contributed by atoms with Crippen LogP contribution in [0.1, 0.15) is 12.0 Å². The van der Waals surface area contributed by atoms with Crippen molar-refractivity contribution in [3.05, 3.63) is 60.8 Å². The number of hydrogen-bond acceptors (Lipinski definition) is 1. The predicted octanol–water partition coefficient (Wildman–Crippen LogP) is 2.91. The van der Waals surface area contributed by atoms with E-state index in [0.717, 1.165) is 19.4 Å². The van der Waals surface area contributed by atoms with Crippen LogP contribution in [0.3, 0.4) is 0 Å². The molecule has 0 spiro atoms. The highest BCUT2D eigenvalue weighted by atomic mass is 14.8. The van der Waals surface area contributed by atoms with Crippen molar-refractivity contribution in [3.63, 3.8) is 0 Å². The second-order valence-electron chi connectivity index (χ2n) is 3.11. The summed E-state index contributed by atoms with van der Waals surface area (Å²) in [5.41, 5.74) is 1.40. The van der Waals surface area contributed by atoms with Crippen molar-refractivity contribution in [2.45, 2.75) is 12.8 Å². The predicted molar refractivity (Wildman–Crippen MR) is 62.1 cm³/mol. The van der Waals surface area contributed by atoms with E-state index in [1.807, 2.05) is 6.07 Å². The highest BCUT2D eigenvalue weighted by Gasteiger charge is 1.87. The number of aryl methyl sites for hydroxylation is 1. The van der Waals surface area contributed by atoms with E-state index in [0.29, 0.717) is 0 Å². The lowest BCUT2D eigenvalue weighted by molar-refractivity contribution is 0.958. The van der Waals surface area contributed by atoms with Crippen LogP contribution in [0.15, 0.2) is 55.3 Å². The maximum atomic E-state index is 3.58. The van der Waals surface area contributed by atoms with Crippen molar-refractivity contribution in [1.82, 2.24) is 5.32 Å². The third kappa shape index (κ3) is 4.51. The minimum atomic E-state index is 0.873. The lowest BCUT2D eigenvalue weighted by Crippen LogP contribution is -2.02. The normalized spacial score (nSPS) is 10.3. The first-order chi connectivity index (χ1) is 6.93. The van der Waals surface area contributed by atoms with Crippen molar-refractivity contribution in [3.8, 4) is 0 Å². The first kappa shape index (κ1) is 10.6. The zero-order chi connectivity index (χ0) is 10.1. The molecule has 0 saturated carbocycles. The van der Waals surface area contributed by atoms with Gasteiger partial charge in [-0.25, -0.2) is 0 Å². The lowest BCUT2D eigenvalue weighted by Gasteiger charge is -1.96. The van der Waals surface area contributed by atoms with Crippen molar-refractivity contribution in [2.75, 3.05) is 6.54 Å². The quantitative estimate of drug-likeness (QED) is 0.533. The van der Waals surface area contributed by atoms with E-state index in [9.17, 15) is 0 Å². The fourth-order valence-corrected chi connectivity index (χ4v) is 1.25. The average molecular weight is 187 g/mol. The van der Waals surface area contributed by atoms with Gasteiger partial charge in [0.2, 0.25) is 0 Å². The molecule has 1 aromatic rings. The standard InChI is InChI=1S/C13H17N/c1-2-14-12-8-4-7-11-13-9-5-3-6-10-13/h2-6,8-10,14H,1,7,11-12H2. The lowest BCUT2D eigenvalue weighted by atomic mass is 10.1. The maximum absolute atomic E-state index is 3.58. The van der Waals surface area contributed by atoms with Gasteiger partial charge in [-0.3, -0.25) is 0 Å². The van der Waals surface area contributed by atoms with Gasteiger partial charge in [0.05, 0.1) is 0 Å². The molecule has 0 aliphatic heterocycles. The SMILES string of the molecule is C=CNCC=CCCc1ccccc1. The Labute approximate surface area is 86.2 Å². The monoisotopic (exact) mass is 187 g/mol. The van der Waals surface area contributed by atoms with Crippen LogP contribution in [0, 0.1) is 0 Å². The molecule has 0 aliphatic rings. The van der Waals surface area contributed by atoms with Crippen LogP contribution in [0.5, 0.6) is 0 Å². The molecule has 0 fully saturated rings. The Hall–Kier alpha value is -1.50. The maximum Gasteiger partial charge on any atom is 0.0325 e. The molecular weight excluding hydrogens is 170 g/mol. The molecule has 0 aromatic heterocycles. The van der Waals surface area contributed by atoms with Gasteiger partial charge in [0.1, 0.15) is 0 Å². The van der Waals surface area contributed by atoms with Gasteiger partial charge in [-0.2, -0.15) is 0 Å². The van der Waals surface area contributed by atoms with Crippen LogP contribution in [0.2, 0.25) is 0 Å². The third-order valence-corrected chi connectivity index (χ3v) is 1.99. The molecule has 0 amide bonds. The van der Waals surface area contributed by atoms with Gasteiger partial charge in [0.15, 0.2) is 0 Å². The van der Waals surface area contributed by atoms with E-state index < -0.39 is 0 Å². The Morgan fingerprint density at radius 3 is 2.64 bits per heavy atom. The number of allylic oxidation sites excluding steroid dienone is 1. The molecule has 1 N–H and O–H groups in total. The summed E-state index contributed by atoms with van der Waals surface area (Å²) < 4.78 is 0. The summed E-state index contributed by atoms with van der Waals surface area (Å²) in [6.07, 6.45) is 8.25. The molecule has 0 atom stereocenters. The second-order valence-corrected chi connectivity index (χ2v) is 3.11. The molecule has 0 radical (unpaired) electrons. The molecule has 0 unspecified atom stereocenters. The first-order valence-electron chi connectivity index (χ1n) is 4.96. The molecule has 0 aliphatic carbocycles. The molecule has 0 bridgehead atoms. The summed E-state index contributed by atoms with van der Waals surface area (Å²) in [4.78, 5) is 0. The summed E-state index contributed by atoms with van der Waals surface area (Å²) in [6.45, 7) is 4.45. The minimum absolute atomic E-state index is 0.873. The van der Waals surface area contributed by atoms with Gasteiger partial charge in [-0.15, -0.1) is 0 Å². The van der Waals surface area contributed by atoms with Crippen molar-refractivity contribution in [1.29, 1.82) is 0 Å². The molecule has 1 rings (SSSR count). The molecule has 1 aromatic carbocycles. The van der Waals surface area contributed by atoms with E-state index in [-0.39, 0.29) is 0 Å². The van der Waals surface area contributed by atoms with E-state index in [4.69, 9.17) is 0 Å². The summed E-state index contributed by atoms with van der Waals surface area (Å²) in [7, 11) is 0. The largest absolute Gasteiger partial charge is 0.388 e. The Morgan fingerprint density at radius 2 is 1.93 bits per heavy atom. The minimum Gasteiger partial charge on any atom is -0.388 e. The Bertz CT molecular complexity index is 275. The Balaban J connectivity index is 2.15. The molecule has 1 heteroatoms. The van der Waals surface area contributed by atoms with Gasteiger partial charge in [-0.05, 0) is 24.6 Å². The van der Waals surface area contributed by atoms with Crippen LogP contribution in [0.4, 0.5) is 0 Å². The van der Waals surface area contributed by atoms with Crippen LogP contribution >= 0.6 is 0 Å². The zero-order valence-corrected chi connectivity index (χ0v) is 8.45. The molecule has 14 heavy (non-hydrogen) atoms. The van der Waals surface area contributed by atoms with Crippen molar-refractivity contribution >= 4 is 0 Å². The summed E-state index contributed by atoms with van der Waals surface area (Å²) in [5, 5.41) is 3.02.